The first-order valence-corrected chi connectivity index (χ1v) is 7.20. The summed E-state index contributed by atoms with van der Waals surface area (Å²) >= 11 is 5.84. The van der Waals surface area contributed by atoms with Gasteiger partial charge in [-0.25, -0.2) is 4.39 Å². The number of ether oxygens (including phenoxy) is 1. The zero-order chi connectivity index (χ0) is 14.8. The molecule has 1 atom stereocenters. The van der Waals surface area contributed by atoms with E-state index in [0.717, 1.165) is 0 Å². The summed E-state index contributed by atoms with van der Waals surface area (Å²) in [4.78, 5) is 14.0. The van der Waals surface area contributed by atoms with Gasteiger partial charge in [0.1, 0.15) is 5.82 Å². The third-order valence-corrected chi connectivity index (χ3v) is 3.65. The lowest BCUT2D eigenvalue weighted by Crippen LogP contribution is -2.55. The number of nitrogens with zero attached hydrogens (tertiary/aromatic N) is 1. The van der Waals surface area contributed by atoms with Gasteiger partial charge in [-0.3, -0.25) is 4.79 Å². The van der Waals surface area contributed by atoms with Gasteiger partial charge in [0.05, 0.1) is 24.0 Å². The second-order valence-electron chi connectivity index (χ2n) is 5.70. The van der Waals surface area contributed by atoms with E-state index < -0.39 is 5.60 Å². The maximum absolute atomic E-state index is 13.6. The lowest BCUT2D eigenvalue weighted by Gasteiger charge is -2.42. The number of hydrogen-bond acceptors (Lipinski definition) is 2. The number of carbonyl (C=O) groups is 1. The van der Waals surface area contributed by atoms with Gasteiger partial charge in [0.25, 0.3) is 0 Å². The van der Waals surface area contributed by atoms with Crippen LogP contribution in [0.25, 0.3) is 0 Å². The lowest BCUT2D eigenvalue weighted by molar-refractivity contribution is -0.157. The quantitative estimate of drug-likeness (QED) is 0.803. The zero-order valence-corrected chi connectivity index (χ0v) is 12.5. The molecule has 1 aromatic carbocycles. The highest BCUT2D eigenvalue weighted by Crippen LogP contribution is 2.22. The van der Waals surface area contributed by atoms with Crippen LogP contribution in [-0.4, -0.2) is 41.5 Å². The molecule has 110 valence electrons. The molecule has 1 heterocycles. The average molecular weight is 300 g/mol. The van der Waals surface area contributed by atoms with Crippen LogP contribution in [0.5, 0.6) is 0 Å². The van der Waals surface area contributed by atoms with Crippen LogP contribution in [0.15, 0.2) is 24.3 Å². The summed E-state index contributed by atoms with van der Waals surface area (Å²) in [6.45, 7) is 4.80. The van der Waals surface area contributed by atoms with Crippen molar-refractivity contribution in [3.63, 3.8) is 0 Å². The molecule has 1 unspecified atom stereocenters. The molecule has 1 fully saturated rings. The molecule has 0 radical (unpaired) electrons. The Morgan fingerprint density at radius 1 is 1.50 bits per heavy atom. The fourth-order valence-electron chi connectivity index (χ4n) is 2.48. The lowest BCUT2D eigenvalue weighted by atomic mass is 10.0. The summed E-state index contributed by atoms with van der Waals surface area (Å²) in [7, 11) is 0. The highest BCUT2D eigenvalue weighted by molar-refractivity contribution is 6.18. The number of alkyl halides is 1. The Hall–Kier alpha value is -1.13. The van der Waals surface area contributed by atoms with Crippen LogP contribution >= 0.6 is 11.6 Å². The number of amides is 1. The average Bonchev–Trinajstić information content (AvgIpc) is 2.39. The highest BCUT2D eigenvalue weighted by Gasteiger charge is 2.35. The Balaban J connectivity index is 2.07. The standard InChI is InChI=1S/C15H19ClFNO2/c1-15(2)10-18(9-12(8-16)20-15)14(19)7-11-5-3-4-6-13(11)17/h3-6,12H,7-10H2,1-2H3. The van der Waals surface area contributed by atoms with E-state index >= 15 is 0 Å². The molecule has 20 heavy (non-hydrogen) atoms. The van der Waals surface area contributed by atoms with Crippen LogP contribution in [-0.2, 0) is 16.0 Å². The molecular weight excluding hydrogens is 281 g/mol. The second kappa shape index (κ2) is 6.10. The predicted molar refractivity (Wildman–Crippen MR) is 76.4 cm³/mol. The van der Waals surface area contributed by atoms with Gasteiger partial charge < -0.3 is 9.64 Å². The molecular formula is C15H19ClFNO2. The van der Waals surface area contributed by atoms with Crippen LogP contribution in [0, 0.1) is 5.82 Å². The fourth-order valence-corrected chi connectivity index (χ4v) is 2.64. The summed E-state index contributed by atoms with van der Waals surface area (Å²) in [5, 5.41) is 0. The monoisotopic (exact) mass is 299 g/mol. The molecule has 3 nitrogen and oxygen atoms in total. The molecule has 0 spiro atoms. The third-order valence-electron chi connectivity index (χ3n) is 3.31. The minimum absolute atomic E-state index is 0.0672. The van der Waals surface area contributed by atoms with E-state index in [2.05, 4.69) is 0 Å². The fraction of sp³-hybridized carbons (Fsp3) is 0.533. The van der Waals surface area contributed by atoms with Crippen molar-refractivity contribution in [1.29, 1.82) is 0 Å². The maximum atomic E-state index is 13.6. The largest absolute Gasteiger partial charge is 0.367 e. The zero-order valence-electron chi connectivity index (χ0n) is 11.7. The van der Waals surface area contributed by atoms with Gasteiger partial charge in [0.15, 0.2) is 0 Å². The Morgan fingerprint density at radius 2 is 2.20 bits per heavy atom. The van der Waals surface area contributed by atoms with Gasteiger partial charge in [-0.2, -0.15) is 0 Å². The van der Waals surface area contributed by atoms with Crippen molar-refractivity contribution < 1.29 is 13.9 Å². The Bertz CT molecular complexity index is 493. The molecule has 1 aliphatic rings. The SMILES string of the molecule is CC1(C)CN(C(=O)Cc2ccccc2F)CC(CCl)O1. The van der Waals surface area contributed by atoms with Gasteiger partial charge in [-0.05, 0) is 25.5 Å². The summed E-state index contributed by atoms with van der Waals surface area (Å²) in [5.41, 5.74) is -0.00730. The Kier molecular flexibility index (Phi) is 4.66. The predicted octanol–water partition coefficient (Wildman–Crippen LogP) is 2.61. The summed E-state index contributed by atoms with van der Waals surface area (Å²) in [6.07, 6.45) is -0.109. The number of hydrogen-bond donors (Lipinski definition) is 0. The molecule has 2 rings (SSSR count). The smallest absolute Gasteiger partial charge is 0.227 e. The number of halogens is 2. The number of rotatable bonds is 3. The van der Waals surface area contributed by atoms with Gasteiger partial charge >= 0.3 is 0 Å². The molecule has 1 amide bonds. The number of morpholine rings is 1. The van der Waals surface area contributed by atoms with Crippen LogP contribution < -0.4 is 0 Å². The molecule has 5 heteroatoms. The van der Waals surface area contributed by atoms with E-state index in [1.54, 1.807) is 23.1 Å². The minimum Gasteiger partial charge on any atom is -0.367 e. The first kappa shape index (κ1) is 15.3. The van der Waals surface area contributed by atoms with Crippen LogP contribution in [0.3, 0.4) is 0 Å². The number of benzene rings is 1. The molecule has 0 N–H and O–H groups in total. The summed E-state index contributed by atoms with van der Waals surface area (Å²) in [5.74, 6) is -0.101. The van der Waals surface area contributed by atoms with E-state index in [9.17, 15) is 9.18 Å². The number of carbonyl (C=O) groups excluding carboxylic acids is 1. The maximum Gasteiger partial charge on any atom is 0.227 e. The van der Waals surface area contributed by atoms with Crippen molar-refractivity contribution in [3.05, 3.63) is 35.6 Å². The Labute approximate surface area is 123 Å². The topological polar surface area (TPSA) is 29.5 Å². The van der Waals surface area contributed by atoms with Crippen molar-refractivity contribution in [2.45, 2.75) is 32.0 Å². The van der Waals surface area contributed by atoms with E-state index in [1.165, 1.54) is 6.07 Å². The van der Waals surface area contributed by atoms with Crippen molar-refractivity contribution in [1.82, 2.24) is 4.90 Å². The minimum atomic E-state index is -0.428. The van der Waals surface area contributed by atoms with Crippen LogP contribution in [0.2, 0.25) is 0 Å². The first-order valence-electron chi connectivity index (χ1n) is 6.66. The van der Waals surface area contributed by atoms with Gasteiger partial charge in [-0.1, -0.05) is 18.2 Å². The van der Waals surface area contributed by atoms with Crippen molar-refractivity contribution in [2.24, 2.45) is 0 Å². The third kappa shape index (κ3) is 3.70. The molecule has 0 aromatic heterocycles. The van der Waals surface area contributed by atoms with Gasteiger partial charge in [-0.15, -0.1) is 11.6 Å². The van der Waals surface area contributed by atoms with Crippen LogP contribution in [0.4, 0.5) is 4.39 Å². The first-order chi connectivity index (χ1) is 9.41. The van der Waals surface area contributed by atoms with Crippen molar-refractivity contribution in [3.8, 4) is 0 Å². The van der Waals surface area contributed by atoms with Crippen molar-refractivity contribution >= 4 is 17.5 Å². The normalized spacial score (nSPS) is 21.8. The Morgan fingerprint density at radius 3 is 2.85 bits per heavy atom. The second-order valence-corrected chi connectivity index (χ2v) is 6.00. The van der Waals surface area contributed by atoms with Crippen molar-refractivity contribution in [2.75, 3.05) is 19.0 Å². The molecule has 1 aromatic rings. The van der Waals surface area contributed by atoms with Crippen LogP contribution in [0.1, 0.15) is 19.4 Å². The molecule has 0 bridgehead atoms. The van der Waals surface area contributed by atoms with Gasteiger partial charge in [0.2, 0.25) is 5.91 Å². The van der Waals surface area contributed by atoms with E-state index in [0.29, 0.717) is 24.5 Å². The molecule has 0 aliphatic carbocycles. The van der Waals surface area contributed by atoms with E-state index in [4.69, 9.17) is 16.3 Å². The summed E-state index contributed by atoms with van der Waals surface area (Å²) in [6, 6.07) is 6.35. The van der Waals surface area contributed by atoms with Gasteiger partial charge in [0, 0.05) is 13.1 Å². The molecule has 1 saturated heterocycles. The molecule has 0 saturated carbocycles. The highest BCUT2D eigenvalue weighted by atomic mass is 35.5. The summed E-state index contributed by atoms with van der Waals surface area (Å²) < 4.78 is 19.4. The molecule has 1 aliphatic heterocycles. The van der Waals surface area contributed by atoms with E-state index in [1.807, 2.05) is 13.8 Å². The van der Waals surface area contributed by atoms with E-state index in [-0.39, 0.29) is 24.2 Å².